The van der Waals surface area contributed by atoms with Crippen LogP contribution in [0.25, 0.3) is 0 Å². The van der Waals surface area contributed by atoms with Crippen molar-refractivity contribution in [1.29, 1.82) is 0 Å². The van der Waals surface area contributed by atoms with Crippen molar-refractivity contribution >= 4 is 17.8 Å². The molecule has 174 valence electrons. The Morgan fingerprint density at radius 3 is 2.21 bits per heavy atom. The SMILES string of the molecule is CC(C)c1ccc(C2(C)NC(=O)N(CC(=O)N3CCN(Cc4ccccc4)CC3)C2=O)cc1. The smallest absolute Gasteiger partial charge is 0.325 e. The first-order valence-electron chi connectivity index (χ1n) is 11.6. The molecule has 1 unspecified atom stereocenters. The van der Waals surface area contributed by atoms with Crippen LogP contribution in [0.15, 0.2) is 54.6 Å². The van der Waals surface area contributed by atoms with Gasteiger partial charge in [0.1, 0.15) is 12.1 Å². The molecule has 0 saturated carbocycles. The van der Waals surface area contributed by atoms with Gasteiger partial charge in [-0.05, 0) is 29.5 Å². The molecule has 0 bridgehead atoms. The van der Waals surface area contributed by atoms with Crippen LogP contribution in [0.5, 0.6) is 0 Å². The molecule has 0 spiro atoms. The van der Waals surface area contributed by atoms with E-state index < -0.39 is 11.6 Å². The lowest BCUT2D eigenvalue weighted by Crippen LogP contribution is -2.51. The Labute approximate surface area is 195 Å². The van der Waals surface area contributed by atoms with Crippen LogP contribution in [0.3, 0.4) is 0 Å². The minimum atomic E-state index is -1.17. The zero-order chi connectivity index (χ0) is 23.6. The molecule has 2 heterocycles. The summed E-state index contributed by atoms with van der Waals surface area (Å²) in [4.78, 5) is 43.8. The molecular formula is C26H32N4O3. The zero-order valence-electron chi connectivity index (χ0n) is 19.6. The molecule has 4 amide bonds. The van der Waals surface area contributed by atoms with Gasteiger partial charge in [0.2, 0.25) is 5.91 Å². The topological polar surface area (TPSA) is 73.0 Å². The first-order valence-corrected chi connectivity index (χ1v) is 11.6. The molecule has 2 aliphatic heterocycles. The van der Waals surface area contributed by atoms with Crippen LogP contribution in [-0.2, 0) is 21.7 Å². The third-order valence-electron chi connectivity index (χ3n) is 6.70. The Kier molecular flexibility index (Phi) is 6.51. The van der Waals surface area contributed by atoms with Gasteiger partial charge in [0.05, 0.1) is 0 Å². The molecule has 2 aromatic rings. The molecule has 4 rings (SSSR count). The Morgan fingerprint density at radius 1 is 0.970 bits per heavy atom. The fourth-order valence-corrected chi connectivity index (χ4v) is 4.47. The highest BCUT2D eigenvalue weighted by Gasteiger charge is 2.49. The normalized spacial score (nSPS) is 21.6. The molecule has 2 fully saturated rings. The zero-order valence-corrected chi connectivity index (χ0v) is 19.6. The number of nitrogens with one attached hydrogen (secondary N) is 1. The minimum Gasteiger partial charge on any atom is -0.339 e. The number of rotatable bonds is 6. The van der Waals surface area contributed by atoms with E-state index in [9.17, 15) is 14.4 Å². The van der Waals surface area contributed by atoms with Crippen LogP contribution < -0.4 is 5.32 Å². The lowest BCUT2D eigenvalue weighted by molar-refractivity contribution is -0.139. The second-order valence-corrected chi connectivity index (χ2v) is 9.37. The van der Waals surface area contributed by atoms with Crippen molar-refractivity contribution in [2.75, 3.05) is 32.7 Å². The number of carbonyl (C=O) groups excluding carboxylic acids is 3. The number of hydrogen-bond acceptors (Lipinski definition) is 4. The maximum absolute atomic E-state index is 13.2. The third-order valence-corrected chi connectivity index (χ3v) is 6.70. The van der Waals surface area contributed by atoms with Crippen molar-refractivity contribution in [2.45, 2.75) is 38.8 Å². The fraction of sp³-hybridized carbons (Fsp3) is 0.423. The highest BCUT2D eigenvalue weighted by atomic mass is 16.2. The second kappa shape index (κ2) is 9.35. The quantitative estimate of drug-likeness (QED) is 0.690. The molecule has 33 heavy (non-hydrogen) atoms. The van der Waals surface area contributed by atoms with Crippen LogP contribution in [0.1, 0.15) is 43.4 Å². The summed E-state index contributed by atoms with van der Waals surface area (Å²) in [5.74, 6) is -0.207. The lowest BCUT2D eigenvalue weighted by Gasteiger charge is -2.35. The van der Waals surface area contributed by atoms with Crippen molar-refractivity contribution in [2.24, 2.45) is 0 Å². The lowest BCUT2D eigenvalue weighted by atomic mass is 9.90. The van der Waals surface area contributed by atoms with Crippen molar-refractivity contribution < 1.29 is 14.4 Å². The summed E-state index contributed by atoms with van der Waals surface area (Å²) < 4.78 is 0. The highest BCUT2D eigenvalue weighted by Crippen LogP contribution is 2.30. The van der Waals surface area contributed by atoms with Gasteiger partial charge < -0.3 is 10.2 Å². The summed E-state index contributed by atoms with van der Waals surface area (Å²) in [6.07, 6.45) is 0. The van der Waals surface area contributed by atoms with E-state index in [-0.39, 0.29) is 18.4 Å². The van der Waals surface area contributed by atoms with Gasteiger partial charge in [-0.25, -0.2) is 4.79 Å². The molecule has 2 saturated heterocycles. The van der Waals surface area contributed by atoms with E-state index in [1.165, 1.54) is 5.56 Å². The number of amides is 4. The van der Waals surface area contributed by atoms with E-state index >= 15 is 0 Å². The average molecular weight is 449 g/mol. The monoisotopic (exact) mass is 448 g/mol. The van der Waals surface area contributed by atoms with E-state index in [0.29, 0.717) is 19.0 Å². The van der Waals surface area contributed by atoms with E-state index in [1.54, 1.807) is 11.8 Å². The number of benzene rings is 2. The first-order chi connectivity index (χ1) is 15.8. The maximum atomic E-state index is 13.2. The first kappa shape index (κ1) is 23.0. The molecule has 0 radical (unpaired) electrons. The van der Waals surface area contributed by atoms with Crippen LogP contribution in [0.2, 0.25) is 0 Å². The number of nitrogens with zero attached hydrogens (tertiary/aromatic N) is 3. The Balaban J connectivity index is 1.35. The van der Waals surface area contributed by atoms with Gasteiger partial charge in [-0.3, -0.25) is 19.4 Å². The Morgan fingerprint density at radius 2 is 1.61 bits per heavy atom. The van der Waals surface area contributed by atoms with E-state index in [1.807, 2.05) is 42.5 Å². The van der Waals surface area contributed by atoms with Gasteiger partial charge in [-0.1, -0.05) is 68.4 Å². The summed E-state index contributed by atoms with van der Waals surface area (Å²) in [6.45, 7) is 9.23. The number of imide groups is 1. The van der Waals surface area contributed by atoms with E-state index in [2.05, 4.69) is 36.2 Å². The van der Waals surface area contributed by atoms with Crippen molar-refractivity contribution in [3.8, 4) is 0 Å². The van der Waals surface area contributed by atoms with Gasteiger partial charge >= 0.3 is 6.03 Å². The number of carbonyl (C=O) groups is 3. The summed E-state index contributed by atoms with van der Waals surface area (Å²) in [5.41, 5.74) is 1.96. The van der Waals surface area contributed by atoms with Gasteiger partial charge in [0, 0.05) is 32.7 Å². The molecule has 0 aliphatic carbocycles. The van der Waals surface area contributed by atoms with E-state index in [0.717, 1.165) is 35.7 Å². The highest BCUT2D eigenvalue weighted by molar-refractivity contribution is 6.09. The Hall–Kier alpha value is -3.19. The third kappa shape index (κ3) is 4.78. The van der Waals surface area contributed by atoms with Crippen LogP contribution >= 0.6 is 0 Å². The second-order valence-electron chi connectivity index (χ2n) is 9.37. The summed E-state index contributed by atoms with van der Waals surface area (Å²) in [6, 6.07) is 17.5. The van der Waals surface area contributed by atoms with Crippen molar-refractivity contribution in [3.05, 3.63) is 71.3 Å². The minimum absolute atomic E-state index is 0.197. The van der Waals surface area contributed by atoms with Gasteiger partial charge in [-0.15, -0.1) is 0 Å². The average Bonchev–Trinajstić information content (AvgIpc) is 3.04. The molecule has 2 aliphatic rings. The molecule has 1 N–H and O–H groups in total. The fourth-order valence-electron chi connectivity index (χ4n) is 4.47. The summed E-state index contributed by atoms with van der Waals surface area (Å²) >= 11 is 0. The summed E-state index contributed by atoms with van der Waals surface area (Å²) in [7, 11) is 0. The van der Waals surface area contributed by atoms with Gasteiger partial charge in [0.25, 0.3) is 5.91 Å². The summed E-state index contributed by atoms with van der Waals surface area (Å²) in [5, 5.41) is 2.80. The van der Waals surface area contributed by atoms with Gasteiger partial charge in [-0.2, -0.15) is 0 Å². The van der Waals surface area contributed by atoms with Crippen molar-refractivity contribution in [1.82, 2.24) is 20.0 Å². The molecule has 1 atom stereocenters. The van der Waals surface area contributed by atoms with Crippen LogP contribution in [-0.4, -0.2) is 65.3 Å². The molecule has 0 aromatic heterocycles. The molecule has 2 aromatic carbocycles. The maximum Gasteiger partial charge on any atom is 0.325 e. The molecule has 7 heteroatoms. The Bertz CT molecular complexity index is 1010. The van der Waals surface area contributed by atoms with Crippen LogP contribution in [0, 0.1) is 0 Å². The standard InChI is InChI=1S/C26H32N4O3/c1-19(2)21-9-11-22(12-10-21)26(3)24(32)30(25(33)27-26)18-23(31)29-15-13-28(14-16-29)17-20-7-5-4-6-8-20/h4-12,19H,13-18H2,1-3H3,(H,27,33). The largest absolute Gasteiger partial charge is 0.339 e. The van der Waals surface area contributed by atoms with Crippen LogP contribution in [0.4, 0.5) is 4.79 Å². The van der Waals surface area contributed by atoms with Gasteiger partial charge in [0.15, 0.2) is 0 Å². The predicted molar refractivity (Wildman–Crippen MR) is 126 cm³/mol. The van der Waals surface area contributed by atoms with E-state index in [4.69, 9.17) is 0 Å². The van der Waals surface area contributed by atoms with Crippen molar-refractivity contribution in [3.63, 3.8) is 0 Å². The predicted octanol–water partition coefficient (Wildman–Crippen LogP) is 2.92. The number of hydrogen-bond donors (Lipinski definition) is 1. The molecule has 7 nitrogen and oxygen atoms in total. The number of urea groups is 1. The molecular weight excluding hydrogens is 416 g/mol. The number of piperazine rings is 1.